The van der Waals surface area contributed by atoms with Gasteiger partial charge in [0.1, 0.15) is 6.61 Å². The Hall–Kier alpha value is -2.57. The number of rotatable bonds is 4. The zero-order valence-corrected chi connectivity index (χ0v) is 15.0. The highest BCUT2D eigenvalue weighted by atomic mass is 35.5. The number of nitrogens with one attached hydrogen (secondary N) is 1. The average Bonchev–Trinajstić information content (AvgIpc) is 2.67. The Morgan fingerprint density at radius 3 is 2.54 bits per heavy atom. The van der Waals surface area contributed by atoms with Crippen LogP contribution in [0.1, 0.15) is 30.6 Å². The molecule has 2 amide bonds. The molecule has 6 nitrogen and oxygen atoms in total. The molecule has 2 aromatic rings. The number of hydrogen-bond donors (Lipinski definition) is 1. The molecule has 136 valence electrons. The van der Waals surface area contributed by atoms with Crippen molar-refractivity contribution >= 4 is 23.6 Å². The van der Waals surface area contributed by atoms with Gasteiger partial charge >= 0.3 is 6.09 Å². The fourth-order valence-electron chi connectivity index (χ4n) is 2.59. The Labute approximate surface area is 156 Å². The van der Waals surface area contributed by atoms with E-state index in [1.54, 1.807) is 31.2 Å². The fourth-order valence-corrected chi connectivity index (χ4v) is 2.71. The third kappa shape index (κ3) is 4.15. The van der Waals surface area contributed by atoms with Gasteiger partial charge in [0.25, 0.3) is 5.91 Å². The predicted octanol–water partition coefficient (Wildman–Crippen LogP) is 3.82. The number of ether oxygens (including phenoxy) is 1. The van der Waals surface area contributed by atoms with Gasteiger partial charge in [0, 0.05) is 5.02 Å². The molecular formula is C19H19ClN2O4. The molecule has 0 aliphatic carbocycles. The van der Waals surface area contributed by atoms with Crippen LogP contribution in [0.15, 0.2) is 54.6 Å². The first-order valence-corrected chi connectivity index (χ1v) is 8.69. The third-order valence-electron chi connectivity index (χ3n) is 3.99. The molecular weight excluding hydrogens is 356 g/mol. The monoisotopic (exact) mass is 374 g/mol. The van der Waals surface area contributed by atoms with Crippen molar-refractivity contribution in [3.8, 4) is 0 Å². The van der Waals surface area contributed by atoms with Crippen LogP contribution >= 0.6 is 11.6 Å². The van der Waals surface area contributed by atoms with Crippen molar-refractivity contribution < 1.29 is 19.2 Å². The smallest absolute Gasteiger partial charge is 0.436 e. The Morgan fingerprint density at radius 1 is 1.19 bits per heavy atom. The number of carbonyl (C=O) groups is 2. The predicted molar refractivity (Wildman–Crippen MR) is 96.0 cm³/mol. The molecule has 1 fully saturated rings. The minimum absolute atomic E-state index is 0.109. The summed E-state index contributed by atoms with van der Waals surface area (Å²) in [7, 11) is 0. The van der Waals surface area contributed by atoms with E-state index in [-0.39, 0.29) is 12.5 Å². The number of benzene rings is 2. The Kier molecular flexibility index (Phi) is 5.75. The molecule has 0 radical (unpaired) electrons. The van der Waals surface area contributed by atoms with E-state index in [0.29, 0.717) is 17.0 Å². The van der Waals surface area contributed by atoms with Crippen LogP contribution in [0.4, 0.5) is 4.79 Å². The summed E-state index contributed by atoms with van der Waals surface area (Å²) in [6, 6.07) is 16.1. The number of halogens is 1. The van der Waals surface area contributed by atoms with Gasteiger partial charge in [0.2, 0.25) is 0 Å². The molecule has 0 aromatic heterocycles. The molecule has 2 atom stereocenters. The zero-order chi connectivity index (χ0) is 18.5. The normalized spacial score (nSPS) is 19.8. The molecule has 1 aliphatic heterocycles. The van der Waals surface area contributed by atoms with E-state index < -0.39 is 18.4 Å². The van der Waals surface area contributed by atoms with E-state index in [1.165, 1.54) is 0 Å². The lowest BCUT2D eigenvalue weighted by Crippen LogP contribution is -2.55. The van der Waals surface area contributed by atoms with Crippen LogP contribution in [0.3, 0.4) is 0 Å². The Morgan fingerprint density at radius 2 is 1.88 bits per heavy atom. The molecule has 3 rings (SSSR count). The summed E-state index contributed by atoms with van der Waals surface area (Å²) in [5.74, 6) is -0.278. The number of amides is 2. The van der Waals surface area contributed by atoms with Gasteiger partial charge in [-0.05, 0) is 29.7 Å². The Bertz CT molecular complexity index is 767. The lowest BCUT2D eigenvalue weighted by molar-refractivity contribution is -0.227. The van der Waals surface area contributed by atoms with E-state index in [4.69, 9.17) is 21.2 Å². The van der Waals surface area contributed by atoms with Crippen LogP contribution in [0.25, 0.3) is 0 Å². The number of carbonyl (C=O) groups excluding carboxylic acids is 2. The maximum Gasteiger partial charge on any atom is 0.436 e. The van der Waals surface area contributed by atoms with Crippen LogP contribution in [0, 0.1) is 0 Å². The van der Waals surface area contributed by atoms with E-state index in [9.17, 15) is 9.59 Å². The summed E-state index contributed by atoms with van der Waals surface area (Å²) in [5.41, 5.74) is 1.52. The van der Waals surface area contributed by atoms with Crippen LogP contribution < -0.4 is 5.32 Å². The SMILES string of the molecule is CCC1ON(C(=O)OCc2ccccc2)C(c2ccc(Cl)cc2)NC1=O. The van der Waals surface area contributed by atoms with Crippen LogP contribution in [0.5, 0.6) is 0 Å². The molecule has 1 heterocycles. The zero-order valence-electron chi connectivity index (χ0n) is 14.2. The van der Waals surface area contributed by atoms with Crippen LogP contribution in [-0.4, -0.2) is 23.2 Å². The van der Waals surface area contributed by atoms with Crippen molar-refractivity contribution in [3.05, 3.63) is 70.7 Å². The van der Waals surface area contributed by atoms with Gasteiger partial charge < -0.3 is 10.1 Å². The van der Waals surface area contributed by atoms with Crippen molar-refractivity contribution in [1.29, 1.82) is 0 Å². The number of hydroxylamine groups is 2. The summed E-state index contributed by atoms with van der Waals surface area (Å²) in [5, 5.41) is 4.43. The van der Waals surface area contributed by atoms with Gasteiger partial charge in [-0.25, -0.2) is 4.79 Å². The first kappa shape index (κ1) is 18.2. The van der Waals surface area contributed by atoms with Gasteiger partial charge in [0.15, 0.2) is 12.3 Å². The van der Waals surface area contributed by atoms with Crippen molar-refractivity contribution in [1.82, 2.24) is 10.4 Å². The van der Waals surface area contributed by atoms with E-state index in [2.05, 4.69) is 5.32 Å². The number of nitrogens with zero attached hydrogens (tertiary/aromatic N) is 1. The van der Waals surface area contributed by atoms with Crippen molar-refractivity contribution in [2.24, 2.45) is 0 Å². The summed E-state index contributed by atoms with van der Waals surface area (Å²) in [6.07, 6.45) is -1.78. The summed E-state index contributed by atoms with van der Waals surface area (Å²) < 4.78 is 5.36. The summed E-state index contributed by atoms with van der Waals surface area (Å²) in [6.45, 7) is 1.91. The lowest BCUT2D eigenvalue weighted by Gasteiger charge is -2.37. The Balaban J connectivity index is 1.77. The topological polar surface area (TPSA) is 67.9 Å². The van der Waals surface area contributed by atoms with E-state index >= 15 is 0 Å². The molecule has 26 heavy (non-hydrogen) atoms. The minimum Gasteiger partial charge on any atom is -0.443 e. The molecule has 0 spiro atoms. The highest BCUT2D eigenvalue weighted by molar-refractivity contribution is 6.30. The minimum atomic E-state index is -0.786. The second kappa shape index (κ2) is 8.21. The highest BCUT2D eigenvalue weighted by Crippen LogP contribution is 2.26. The van der Waals surface area contributed by atoms with Crippen molar-refractivity contribution in [2.45, 2.75) is 32.2 Å². The summed E-state index contributed by atoms with van der Waals surface area (Å²) in [4.78, 5) is 30.4. The van der Waals surface area contributed by atoms with Gasteiger partial charge in [-0.1, -0.05) is 61.0 Å². The molecule has 0 bridgehead atoms. The molecule has 1 N–H and O–H groups in total. The highest BCUT2D eigenvalue weighted by Gasteiger charge is 2.39. The van der Waals surface area contributed by atoms with E-state index in [0.717, 1.165) is 10.6 Å². The number of hydrogen-bond acceptors (Lipinski definition) is 4. The maximum absolute atomic E-state index is 12.6. The van der Waals surface area contributed by atoms with Crippen molar-refractivity contribution in [2.75, 3.05) is 0 Å². The maximum atomic E-state index is 12.6. The van der Waals surface area contributed by atoms with Gasteiger partial charge in [0.05, 0.1) is 0 Å². The molecule has 1 saturated heterocycles. The van der Waals surface area contributed by atoms with Gasteiger partial charge in [-0.3, -0.25) is 9.63 Å². The molecule has 1 aliphatic rings. The second-order valence-corrected chi connectivity index (χ2v) is 6.27. The van der Waals surface area contributed by atoms with Crippen LogP contribution in [-0.2, 0) is 21.0 Å². The molecule has 2 unspecified atom stereocenters. The first-order valence-electron chi connectivity index (χ1n) is 8.31. The van der Waals surface area contributed by atoms with Gasteiger partial charge in [-0.15, -0.1) is 0 Å². The average molecular weight is 375 g/mol. The fraction of sp³-hybridized carbons (Fsp3) is 0.263. The quantitative estimate of drug-likeness (QED) is 0.883. The first-order chi connectivity index (χ1) is 12.6. The van der Waals surface area contributed by atoms with E-state index in [1.807, 2.05) is 30.3 Å². The van der Waals surface area contributed by atoms with Crippen molar-refractivity contribution in [3.63, 3.8) is 0 Å². The van der Waals surface area contributed by atoms with Crippen LogP contribution in [0.2, 0.25) is 5.02 Å². The second-order valence-electron chi connectivity index (χ2n) is 5.83. The largest absolute Gasteiger partial charge is 0.443 e. The van der Waals surface area contributed by atoms with Gasteiger partial charge in [-0.2, -0.15) is 5.06 Å². The molecule has 7 heteroatoms. The summed E-state index contributed by atoms with van der Waals surface area (Å²) >= 11 is 5.92. The standard InChI is InChI=1S/C19H19ClN2O4/c1-2-16-18(23)21-17(14-8-10-15(20)11-9-14)22(26-16)19(24)25-12-13-6-4-3-5-7-13/h3-11,16-17H,2,12H2,1H3,(H,21,23). The molecule has 2 aromatic carbocycles. The third-order valence-corrected chi connectivity index (χ3v) is 4.24. The molecule has 0 saturated carbocycles. The lowest BCUT2D eigenvalue weighted by atomic mass is 10.1.